The van der Waals surface area contributed by atoms with E-state index in [0.717, 1.165) is 6.54 Å². The molecule has 0 spiro atoms. The third-order valence-electron chi connectivity index (χ3n) is 2.62. The molecule has 0 aliphatic carbocycles. The van der Waals surface area contributed by atoms with Crippen LogP contribution in [-0.2, 0) is 13.1 Å². The molecule has 0 saturated carbocycles. The molecule has 94 valence electrons. The zero-order valence-electron chi connectivity index (χ0n) is 10.1. The van der Waals surface area contributed by atoms with Crippen molar-refractivity contribution < 1.29 is 14.3 Å². The van der Waals surface area contributed by atoms with Gasteiger partial charge in [-0.2, -0.15) is 0 Å². The van der Waals surface area contributed by atoms with Crippen molar-refractivity contribution in [2.24, 2.45) is 0 Å². The molecule has 0 amide bonds. The van der Waals surface area contributed by atoms with E-state index in [-0.39, 0.29) is 5.76 Å². The molecule has 2 aromatic rings. The van der Waals surface area contributed by atoms with Crippen molar-refractivity contribution in [1.82, 2.24) is 5.32 Å². The molecule has 4 heteroatoms. The summed E-state index contributed by atoms with van der Waals surface area (Å²) in [5, 5.41) is 11.9. The quantitative estimate of drug-likeness (QED) is 0.849. The van der Waals surface area contributed by atoms with Gasteiger partial charge in [-0.05, 0) is 24.6 Å². The molecule has 0 radical (unpaired) electrons. The highest BCUT2D eigenvalue weighted by Crippen LogP contribution is 2.08. The Kier molecular flexibility index (Phi) is 3.79. The highest BCUT2D eigenvalue weighted by molar-refractivity contribution is 5.84. The summed E-state index contributed by atoms with van der Waals surface area (Å²) in [5.74, 6) is -0.443. The molecule has 0 atom stereocenters. The fraction of sp³-hybridized carbons (Fsp3) is 0.214. The molecule has 0 saturated heterocycles. The van der Waals surface area contributed by atoms with Crippen molar-refractivity contribution >= 4 is 5.97 Å². The van der Waals surface area contributed by atoms with Crippen molar-refractivity contribution in [3.8, 4) is 0 Å². The lowest BCUT2D eigenvalue weighted by Crippen LogP contribution is -2.12. The first-order valence-corrected chi connectivity index (χ1v) is 5.73. The molecular weight excluding hydrogens is 230 g/mol. The standard InChI is InChI=1S/C14H15NO3/c1-10-2-4-11(5-3-10)8-15-9-12-6-7-13(18-12)14(16)17/h2-7,15H,8-9H2,1H3,(H,16,17). The van der Waals surface area contributed by atoms with E-state index in [1.165, 1.54) is 17.2 Å². The van der Waals surface area contributed by atoms with Gasteiger partial charge in [0.15, 0.2) is 0 Å². The predicted molar refractivity (Wildman–Crippen MR) is 67.4 cm³/mol. The van der Waals surface area contributed by atoms with Gasteiger partial charge >= 0.3 is 5.97 Å². The second-order valence-corrected chi connectivity index (χ2v) is 4.16. The lowest BCUT2D eigenvalue weighted by molar-refractivity contribution is 0.0660. The van der Waals surface area contributed by atoms with Gasteiger partial charge in [0.05, 0.1) is 6.54 Å². The minimum absolute atomic E-state index is 0.0258. The van der Waals surface area contributed by atoms with Gasteiger partial charge in [-0.3, -0.25) is 0 Å². The topological polar surface area (TPSA) is 62.5 Å². The summed E-state index contributed by atoms with van der Waals surface area (Å²) >= 11 is 0. The monoisotopic (exact) mass is 245 g/mol. The predicted octanol–water partition coefficient (Wildman–Crippen LogP) is 2.58. The van der Waals surface area contributed by atoms with Crippen LogP contribution in [0.2, 0.25) is 0 Å². The number of hydrogen-bond acceptors (Lipinski definition) is 3. The Balaban J connectivity index is 1.84. The molecule has 0 aliphatic rings. The Morgan fingerprint density at radius 1 is 1.17 bits per heavy atom. The van der Waals surface area contributed by atoms with Crippen LogP contribution in [0.1, 0.15) is 27.4 Å². The van der Waals surface area contributed by atoms with Crippen LogP contribution in [0.15, 0.2) is 40.8 Å². The van der Waals surface area contributed by atoms with Gasteiger partial charge < -0.3 is 14.8 Å². The smallest absolute Gasteiger partial charge is 0.371 e. The maximum Gasteiger partial charge on any atom is 0.371 e. The maximum atomic E-state index is 10.6. The van der Waals surface area contributed by atoms with E-state index in [9.17, 15) is 4.79 Å². The SMILES string of the molecule is Cc1ccc(CNCc2ccc(C(=O)O)o2)cc1. The normalized spacial score (nSPS) is 10.5. The van der Waals surface area contributed by atoms with Crippen LogP contribution in [0.4, 0.5) is 0 Å². The van der Waals surface area contributed by atoms with Crippen LogP contribution < -0.4 is 5.32 Å². The Morgan fingerprint density at radius 3 is 2.50 bits per heavy atom. The summed E-state index contributed by atoms with van der Waals surface area (Å²) in [6.45, 7) is 3.29. The van der Waals surface area contributed by atoms with Crippen molar-refractivity contribution in [3.05, 3.63) is 59.0 Å². The molecular formula is C14H15NO3. The fourth-order valence-electron chi connectivity index (χ4n) is 1.62. The van der Waals surface area contributed by atoms with Crippen LogP contribution in [-0.4, -0.2) is 11.1 Å². The Bertz CT molecular complexity index is 528. The molecule has 0 fully saturated rings. The first-order chi connectivity index (χ1) is 8.65. The summed E-state index contributed by atoms with van der Waals surface area (Å²) in [7, 11) is 0. The van der Waals surface area contributed by atoms with Gasteiger partial charge in [-0.25, -0.2) is 4.79 Å². The van der Waals surface area contributed by atoms with Crippen molar-refractivity contribution in [1.29, 1.82) is 0 Å². The molecule has 0 unspecified atom stereocenters. The third kappa shape index (κ3) is 3.21. The molecule has 1 aromatic heterocycles. The molecule has 2 rings (SSSR count). The number of carbonyl (C=O) groups is 1. The van der Waals surface area contributed by atoms with E-state index in [1.807, 2.05) is 6.92 Å². The molecule has 1 aromatic carbocycles. The second kappa shape index (κ2) is 5.51. The number of aromatic carboxylic acids is 1. The van der Waals surface area contributed by atoms with E-state index in [0.29, 0.717) is 12.3 Å². The Morgan fingerprint density at radius 2 is 1.89 bits per heavy atom. The third-order valence-corrected chi connectivity index (χ3v) is 2.62. The summed E-state index contributed by atoms with van der Waals surface area (Å²) in [6, 6.07) is 11.4. The first-order valence-electron chi connectivity index (χ1n) is 5.73. The number of aryl methyl sites for hydroxylation is 1. The van der Waals surface area contributed by atoms with Crippen LogP contribution in [0.5, 0.6) is 0 Å². The number of nitrogens with one attached hydrogen (secondary N) is 1. The molecule has 1 heterocycles. The number of benzene rings is 1. The average Bonchev–Trinajstić information content (AvgIpc) is 2.81. The average molecular weight is 245 g/mol. The summed E-state index contributed by atoms with van der Waals surface area (Å²) in [6.07, 6.45) is 0. The second-order valence-electron chi connectivity index (χ2n) is 4.16. The van der Waals surface area contributed by atoms with E-state index >= 15 is 0 Å². The number of rotatable bonds is 5. The summed E-state index contributed by atoms with van der Waals surface area (Å²) in [5.41, 5.74) is 2.42. The zero-order chi connectivity index (χ0) is 13.0. The lowest BCUT2D eigenvalue weighted by atomic mass is 10.1. The summed E-state index contributed by atoms with van der Waals surface area (Å²) < 4.78 is 5.14. The Hall–Kier alpha value is -2.07. The van der Waals surface area contributed by atoms with Crippen LogP contribution >= 0.6 is 0 Å². The highest BCUT2D eigenvalue weighted by atomic mass is 16.4. The van der Waals surface area contributed by atoms with E-state index in [1.54, 1.807) is 6.07 Å². The largest absolute Gasteiger partial charge is 0.475 e. The van der Waals surface area contributed by atoms with Crippen molar-refractivity contribution in [2.75, 3.05) is 0 Å². The number of carboxylic acid groups (broad SMARTS) is 1. The molecule has 0 bridgehead atoms. The van der Waals surface area contributed by atoms with Crippen LogP contribution in [0.25, 0.3) is 0 Å². The Labute approximate surface area is 105 Å². The summed E-state index contributed by atoms with van der Waals surface area (Å²) in [4.78, 5) is 10.6. The van der Waals surface area contributed by atoms with Gasteiger partial charge in [0.2, 0.25) is 5.76 Å². The van der Waals surface area contributed by atoms with Gasteiger partial charge in [-0.1, -0.05) is 29.8 Å². The lowest BCUT2D eigenvalue weighted by Gasteiger charge is -2.03. The van der Waals surface area contributed by atoms with Gasteiger partial charge in [0.1, 0.15) is 5.76 Å². The van der Waals surface area contributed by atoms with E-state index in [2.05, 4.69) is 29.6 Å². The zero-order valence-corrected chi connectivity index (χ0v) is 10.1. The van der Waals surface area contributed by atoms with Gasteiger partial charge in [0, 0.05) is 6.54 Å². The minimum Gasteiger partial charge on any atom is -0.475 e. The highest BCUT2D eigenvalue weighted by Gasteiger charge is 2.08. The van der Waals surface area contributed by atoms with Crippen LogP contribution in [0.3, 0.4) is 0 Å². The van der Waals surface area contributed by atoms with E-state index < -0.39 is 5.97 Å². The van der Waals surface area contributed by atoms with Gasteiger partial charge in [0.25, 0.3) is 0 Å². The molecule has 2 N–H and O–H groups in total. The first kappa shape index (κ1) is 12.4. The number of carboxylic acids is 1. The van der Waals surface area contributed by atoms with Crippen molar-refractivity contribution in [3.63, 3.8) is 0 Å². The van der Waals surface area contributed by atoms with E-state index in [4.69, 9.17) is 9.52 Å². The van der Waals surface area contributed by atoms with Gasteiger partial charge in [-0.15, -0.1) is 0 Å². The minimum atomic E-state index is -1.04. The van der Waals surface area contributed by atoms with Crippen LogP contribution in [0, 0.1) is 6.92 Å². The van der Waals surface area contributed by atoms with Crippen molar-refractivity contribution in [2.45, 2.75) is 20.0 Å². The molecule has 0 aliphatic heterocycles. The molecule has 18 heavy (non-hydrogen) atoms. The number of hydrogen-bond donors (Lipinski definition) is 2. The molecule has 4 nitrogen and oxygen atoms in total. The fourth-order valence-corrected chi connectivity index (χ4v) is 1.62. The maximum absolute atomic E-state index is 10.6. The number of furan rings is 1.